The number of nitro groups is 1. The number of rotatable bonds is 8. The number of likely N-dealkylation sites (tertiary alicyclic amines) is 1. The summed E-state index contributed by atoms with van der Waals surface area (Å²) < 4.78 is 19.9. The van der Waals surface area contributed by atoms with E-state index in [0.29, 0.717) is 12.1 Å². The number of benzene rings is 2. The first-order chi connectivity index (χ1) is 16.0. The lowest BCUT2D eigenvalue weighted by molar-refractivity contribution is -0.857. The molecule has 1 unspecified atom stereocenters. The number of likely N-dealkylation sites (N-methyl/N-ethyl adjacent to an activating group) is 1. The normalized spacial score (nSPS) is 17.6. The van der Waals surface area contributed by atoms with Crippen molar-refractivity contribution in [3.63, 3.8) is 0 Å². The van der Waals surface area contributed by atoms with Gasteiger partial charge in [-0.2, -0.15) is 0 Å². The highest BCUT2D eigenvalue weighted by atomic mass is 19.1. The van der Waals surface area contributed by atoms with Crippen LogP contribution in [0.25, 0.3) is 5.76 Å². The summed E-state index contributed by atoms with van der Waals surface area (Å²) in [5.74, 6) is -3.39. The van der Waals surface area contributed by atoms with Crippen molar-refractivity contribution < 1.29 is 33.6 Å². The molecule has 1 aliphatic rings. The van der Waals surface area contributed by atoms with E-state index in [2.05, 4.69) is 0 Å². The number of hydrogen-bond donors (Lipinski definition) is 1. The topological polar surface area (TPSA) is 117 Å². The van der Waals surface area contributed by atoms with Crippen LogP contribution in [-0.2, 0) is 9.59 Å². The molecule has 0 spiro atoms. The maximum Gasteiger partial charge on any atom is 0.295 e. The van der Waals surface area contributed by atoms with E-state index in [1.807, 2.05) is 14.1 Å². The van der Waals surface area contributed by atoms with Crippen LogP contribution in [-0.4, -0.2) is 54.8 Å². The van der Waals surface area contributed by atoms with E-state index in [1.165, 1.54) is 41.3 Å². The standard InChI is InChI=1S/C24H26FN3O6/c1-14(2)34-19-10-7-16(13-18(19)25)22(29)20-21(15-5-8-17(9-6-15)28(32)33)27(12-11-26(3)4)24(31)23(20)30/h5-10,13-14,21,29H,11-12H2,1-4H3. The SMILES string of the molecule is CC(C)Oc1ccc(C([O-])=C2C(=O)C(=O)N(CC[NH+](C)C)C2c2ccc([N+](=O)[O-])cc2)cc1F. The average Bonchev–Trinajstić information content (AvgIpc) is 3.03. The molecule has 0 radical (unpaired) electrons. The van der Waals surface area contributed by atoms with E-state index in [1.54, 1.807) is 13.8 Å². The quantitative estimate of drug-likeness (QED) is 0.201. The number of nitrogens with zero attached hydrogens (tertiary/aromatic N) is 2. The van der Waals surface area contributed by atoms with Gasteiger partial charge in [-0.25, -0.2) is 4.39 Å². The zero-order chi connectivity index (χ0) is 25.2. The number of amides is 1. The van der Waals surface area contributed by atoms with Crippen LogP contribution in [0.15, 0.2) is 48.0 Å². The van der Waals surface area contributed by atoms with Crippen LogP contribution in [0, 0.1) is 15.9 Å². The summed E-state index contributed by atoms with van der Waals surface area (Å²) in [7, 11) is 3.76. The summed E-state index contributed by atoms with van der Waals surface area (Å²) in [5, 5.41) is 24.4. The van der Waals surface area contributed by atoms with Gasteiger partial charge in [0, 0.05) is 17.7 Å². The maximum absolute atomic E-state index is 14.5. The minimum absolute atomic E-state index is 0.0344. The molecular formula is C24H26FN3O6. The minimum atomic E-state index is -1.04. The molecule has 0 aliphatic carbocycles. The second kappa shape index (κ2) is 10.0. The van der Waals surface area contributed by atoms with Crippen LogP contribution in [0.1, 0.15) is 31.0 Å². The summed E-state index contributed by atoms with van der Waals surface area (Å²) in [6.45, 7) is 4.15. The molecule has 10 heteroatoms. The fourth-order valence-corrected chi connectivity index (χ4v) is 3.72. The molecule has 1 fully saturated rings. The third-order valence-electron chi connectivity index (χ3n) is 5.36. The van der Waals surface area contributed by atoms with Gasteiger partial charge in [-0.05, 0) is 49.2 Å². The monoisotopic (exact) mass is 471 g/mol. The molecule has 2 aromatic carbocycles. The summed E-state index contributed by atoms with van der Waals surface area (Å²) >= 11 is 0. The zero-order valence-corrected chi connectivity index (χ0v) is 19.3. The smallest absolute Gasteiger partial charge is 0.295 e. The minimum Gasteiger partial charge on any atom is -0.872 e. The zero-order valence-electron chi connectivity index (χ0n) is 19.3. The molecule has 34 heavy (non-hydrogen) atoms. The van der Waals surface area contributed by atoms with Crippen molar-refractivity contribution in [1.82, 2.24) is 4.90 Å². The van der Waals surface area contributed by atoms with Gasteiger partial charge in [0.1, 0.15) is 0 Å². The van der Waals surface area contributed by atoms with E-state index in [4.69, 9.17) is 4.74 Å². The van der Waals surface area contributed by atoms with Gasteiger partial charge in [0.25, 0.3) is 11.6 Å². The third-order valence-corrected chi connectivity index (χ3v) is 5.36. The Kier molecular flexibility index (Phi) is 7.31. The Balaban J connectivity index is 2.12. The number of carbonyl (C=O) groups excluding carboxylic acids is 2. The Morgan fingerprint density at radius 3 is 2.35 bits per heavy atom. The van der Waals surface area contributed by atoms with Gasteiger partial charge in [0.15, 0.2) is 11.6 Å². The predicted octanol–water partition coefficient (Wildman–Crippen LogP) is 0.890. The number of halogens is 1. The van der Waals surface area contributed by atoms with E-state index >= 15 is 0 Å². The molecule has 1 saturated heterocycles. The summed E-state index contributed by atoms with van der Waals surface area (Å²) in [5.41, 5.74) is -0.206. The highest BCUT2D eigenvalue weighted by Crippen LogP contribution is 2.39. The molecule has 1 heterocycles. The number of carbonyl (C=O) groups is 2. The summed E-state index contributed by atoms with van der Waals surface area (Å²) in [6.07, 6.45) is -0.279. The van der Waals surface area contributed by atoms with Gasteiger partial charge in [-0.3, -0.25) is 19.7 Å². The first kappa shape index (κ1) is 24.8. The molecule has 1 amide bonds. The molecule has 180 valence electrons. The second-order valence-electron chi connectivity index (χ2n) is 8.59. The molecule has 9 nitrogen and oxygen atoms in total. The Bertz CT molecular complexity index is 1140. The fraction of sp³-hybridized carbons (Fsp3) is 0.333. The highest BCUT2D eigenvalue weighted by Gasteiger charge is 2.44. The molecule has 2 aromatic rings. The second-order valence-corrected chi connectivity index (χ2v) is 8.59. The summed E-state index contributed by atoms with van der Waals surface area (Å²) in [6, 6.07) is 7.91. The van der Waals surface area contributed by atoms with E-state index in [0.717, 1.165) is 11.0 Å². The fourth-order valence-electron chi connectivity index (χ4n) is 3.72. The Hall–Kier alpha value is -3.79. The van der Waals surface area contributed by atoms with Gasteiger partial charge < -0.3 is 19.6 Å². The number of ether oxygens (including phenoxy) is 1. The lowest BCUT2D eigenvalue weighted by atomic mass is 9.95. The van der Waals surface area contributed by atoms with E-state index < -0.39 is 34.2 Å². The number of quaternary nitrogens is 1. The predicted molar refractivity (Wildman–Crippen MR) is 119 cm³/mol. The molecule has 0 bridgehead atoms. The number of Topliss-reactive ketones (excluding diaryl/α,β-unsaturated/α-hetero) is 1. The van der Waals surface area contributed by atoms with Crippen LogP contribution in [0.5, 0.6) is 5.75 Å². The number of nitro benzene ring substituents is 1. The molecule has 1 N–H and O–H groups in total. The van der Waals surface area contributed by atoms with Crippen molar-refractivity contribution in [2.45, 2.75) is 26.0 Å². The van der Waals surface area contributed by atoms with E-state index in [-0.39, 0.29) is 35.2 Å². The number of hydrogen-bond acceptors (Lipinski definition) is 6. The van der Waals surface area contributed by atoms with Crippen molar-refractivity contribution in [1.29, 1.82) is 0 Å². The first-order valence-electron chi connectivity index (χ1n) is 10.8. The molecular weight excluding hydrogens is 445 g/mol. The number of ketones is 1. The van der Waals surface area contributed by atoms with Crippen molar-refractivity contribution in [3.8, 4) is 5.75 Å². The van der Waals surface area contributed by atoms with Gasteiger partial charge in [0.2, 0.25) is 5.78 Å². The number of nitrogens with one attached hydrogen (secondary N) is 1. The molecule has 1 aliphatic heterocycles. The molecule has 3 rings (SSSR count). The Morgan fingerprint density at radius 1 is 1.18 bits per heavy atom. The Labute approximate surface area is 196 Å². The van der Waals surface area contributed by atoms with Gasteiger partial charge in [0.05, 0.1) is 44.3 Å². The van der Waals surface area contributed by atoms with Gasteiger partial charge in [-0.15, -0.1) is 0 Å². The summed E-state index contributed by atoms with van der Waals surface area (Å²) in [4.78, 5) is 38.6. The average molecular weight is 471 g/mol. The van der Waals surface area contributed by atoms with E-state index in [9.17, 15) is 29.2 Å². The Morgan fingerprint density at radius 2 is 1.82 bits per heavy atom. The van der Waals surface area contributed by atoms with Crippen molar-refractivity contribution in [2.24, 2.45) is 0 Å². The van der Waals surface area contributed by atoms with Gasteiger partial charge >= 0.3 is 0 Å². The molecule has 1 atom stereocenters. The highest BCUT2D eigenvalue weighted by molar-refractivity contribution is 6.46. The maximum atomic E-state index is 14.5. The third kappa shape index (κ3) is 5.07. The molecule has 0 saturated carbocycles. The van der Waals surface area contributed by atoms with Crippen LogP contribution < -0.4 is 14.7 Å². The van der Waals surface area contributed by atoms with Gasteiger partial charge in [-0.1, -0.05) is 11.8 Å². The molecule has 0 aromatic heterocycles. The van der Waals surface area contributed by atoms with Crippen molar-refractivity contribution >= 4 is 23.1 Å². The van der Waals surface area contributed by atoms with Crippen molar-refractivity contribution in [3.05, 3.63) is 75.1 Å². The largest absolute Gasteiger partial charge is 0.872 e. The number of non-ortho nitro benzene ring substituents is 1. The first-order valence-corrected chi connectivity index (χ1v) is 10.8. The van der Waals surface area contributed by atoms with Crippen LogP contribution in [0.2, 0.25) is 0 Å². The van der Waals surface area contributed by atoms with Crippen LogP contribution in [0.4, 0.5) is 10.1 Å². The van der Waals surface area contributed by atoms with Crippen LogP contribution in [0.3, 0.4) is 0 Å². The lowest BCUT2D eigenvalue weighted by Gasteiger charge is -2.27. The lowest BCUT2D eigenvalue weighted by Crippen LogP contribution is -3.06. The van der Waals surface area contributed by atoms with Crippen LogP contribution >= 0.6 is 0 Å². The van der Waals surface area contributed by atoms with Crippen molar-refractivity contribution in [2.75, 3.05) is 27.2 Å².